The molecule has 1 aromatic heterocycles. The van der Waals surface area contributed by atoms with Crippen LogP contribution in [0.1, 0.15) is 32.6 Å². The summed E-state index contributed by atoms with van der Waals surface area (Å²) in [5.41, 5.74) is 6.17. The Morgan fingerprint density at radius 1 is 1.30 bits per heavy atom. The molecule has 0 amide bonds. The molecule has 0 bridgehead atoms. The van der Waals surface area contributed by atoms with Crippen molar-refractivity contribution in [2.24, 2.45) is 11.1 Å². The van der Waals surface area contributed by atoms with Crippen LogP contribution in [0.4, 0.5) is 0 Å². The molecular weight excluding hydrogens is 299 g/mol. The van der Waals surface area contributed by atoms with Gasteiger partial charge in [0.2, 0.25) is 0 Å². The van der Waals surface area contributed by atoms with Gasteiger partial charge in [0.1, 0.15) is 0 Å². The minimum absolute atomic E-state index is 0.237. The second-order valence-electron chi connectivity index (χ2n) is 5.66. The number of nitrogens with one attached hydrogen (secondary N) is 1. The highest BCUT2D eigenvalue weighted by Gasteiger charge is 2.28. The van der Waals surface area contributed by atoms with Gasteiger partial charge in [-0.15, -0.1) is 0 Å². The molecule has 5 nitrogen and oxygen atoms in total. The van der Waals surface area contributed by atoms with E-state index in [0.29, 0.717) is 21.6 Å². The molecule has 0 spiro atoms. The molecule has 7 heteroatoms. The van der Waals surface area contributed by atoms with Crippen molar-refractivity contribution >= 4 is 23.2 Å². The van der Waals surface area contributed by atoms with Gasteiger partial charge < -0.3 is 5.73 Å². The fraction of sp³-hybridized carbons (Fsp3) is 0.385. The zero-order valence-corrected chi connectivity index (χ0v) is 13.0. The molecule has 2 aromatic rings. The molecule has 3 N–H and O–H groups in total. The molecule has 0 saturated carbocycles. The second-order valence-corrected chi connectivity index (χ2v) is 6.48. The van der Waals surface area contributed by atoms with Crippen molar-refractivity contribution in [3.8, 4) is 5.69 Å². The molecule has 0 aliphatic rings. The van der Waals surface area contributed by atoms with E-state index in [1.165, 1.54) is 4.57 Å². The smallest absolute Gasteiger partial charge is 0.321 e. The van der Waals surface area contributed by atoms with Gasteiger partial charge in [-0.1, -0.05) is 44.0 Å². The summed E-state index contributed by atoms with van der Waals surface area (Å²) in [7, 11) is 0. The average Bonchev–Trinajstić information content (AvgIpc) is 2.72. The van der Waals surface area contributed by atoms with Crippen LogP contribution in [0.2, 0.25) is 10.0 Å². The van der Waals surface area contributed by atoms with Crippen LogP contribution in [0.25, 0.3) is 5.69 Å². The Kier molecular flexibility index (Phi) is 3.95. The molecule has 1 heterocycles. The number of benzene rings is 1. The maximum Gasteiger partial charge on any atom is 0.347 e. The molecule has 0 unspecified atom stereocenters. The molecule has 0 aliphatic carbocycles. The van der Waals surface area contributed by atoms with Gasteiger partial charge in [-0.2, -0.15) is 5.10 Å². The Balaban J connectivity index is 2.60. The maximum atomic E-state index is 12.0. The monoisotopic (exact) mass is 314 g/mol. The lowest BCUT2D eigenvalue weighted by Crippen LogP contribution is -2.30. The number of hydrogen-bond donors (Lipinski definition) is 2. The summed E-state index contributed by atoms with van der Waals surface area (Å²) in [6.45, 7) is 5.95. The van der Waals surface area contributed by atoms with Crippen LogP contribution >= 0.6 is 23.2 Å². The third-order valence-corrected chi connectivity index (χ3v) is 3.81. The first kappa shape index (κ1) is 15.1. The molecule has 0 saturated heterocycles. The van der Waals surface area contributed by atoms with E-state index < -0.39 is 6.04 Å². The van der Waals surface area contributed by atoms with Crippen molar-refractivity contribution in [3.05, 3.63) is 44.6 Å². The van der Waals surface area contributed by atoms with Crippen molar-refractivity contribution in [2.75, 3.05) is 0 Å². The third-order valence-electron chi connectivity index (χ3n) is 3.07. The number of nitrogens with zero attached hydrogens (tertiary/aromatic N) is 2. The summed E-state index contributed by atoms with van der Waals surface area (Å²) in [5.74, 6) is 0.459. The standard InChI is InChI=1S/C13H16Cl2N4O/c1-13(2,3)10(16)11-17-18-12(20)19(11)7-4-5-8(14)9(15)6-7/h4-6,10H,16H2,1-3H3,(H,18,20)/t10-/m1/s1. The van der Waals surface area contributed by atoms with Gasteiger partial charge in [0.15, 0.2) is 5.82 Å². The van der Waals surface area contributed by atoms with Gasteiger partial charge in [-0.25, -0.2) is 14.5 Å². The van der Waals surface area contributed by atoms with Crippen molar-refractivity contribution in [1.82, 2.24) is 14.8 Å². The Hall–Kier alpha value is -1.30. The summed E-state index contributed by atoms with van der Waals surface area (Å²) in [6, 6.07) is 4.53. The van der Waals surface area contributed by atoms with Crippen molar-refractivity contribution < 1.29 is 0 Å². The fourth-order valence-corrected chi connectivity index (χ4v) is 2.07. The molecule has 0 radical (unpaired) electrons. The lowest BCUT2D eigenvalue weighted by atomic mass is 9.87. The Labute approximate surface area is 126 Å². The summed E-state index contributed by atoms with van der Waals surface area (Å²) in [5, 5.41) is 7.25. The number of hydrogen-bond acceptors (Lipinski definition) is 3. The topological polar surface area (TPSA) is 76.7 Å². The molecule has 1 aromatic carbocycles. The highest BCUT2D eigenvalue weighted by molar-refractivity contribution is 6.42. The maximum absolute atomic E-state index is 12.0. The fourth-order valence-electron chi connectivity index (χ4n) is 1.78. The van der Waals surface area contributed by atoms with E-state index in [0.717, 1.165) is 0 Å². The van der Waals surface area contributed by atoms with Crippen LogP contribution in [-0.2, 0) is 0 Å². The first-order valence-corrected chi connectivity index (χ1v) is 6.85. The first-order chi connectivity index (χ1) is 9.21. The number of nitrogens with two attached hydrogens (primary N) is 1. The van der Waals surface area contributed by atoms with Gasteiger partial charge >= 0.3 is 5.69 Å². The Morgan fingerprint density at radius 3 is 2.50 bits per heavy atom. The molecular formula is C13H16Cl2N4O. The van der Waals surface area contributed by atoms with Crippen molar-refractivity contribution in [3.63, 3.8) is 0 Å². The largest absolute Gasteiger partial charge is 0.347 e. The molecule has 1 atom stereocenters. The summed E-state index contributed by atoms with van der Waals surface area (Å²) in [4.78, 5) is 12.0. The minimum atomic E-state index is -0.407. The van der Waals surface area contributed by atoms with Crippen LogP contribution in [-0.4, -0.2) is 14.8 Å². The number of halogens is 2. The van der Waals surface area contributed by atoms with E-state index in [1.807, 2.05) is 20.8 Å². The van der Waals surface area contributed by atoms with E-state index >= 15 is 0 Å². The van der Waals surface area contributed by atoms with E-state index in [4.69, 9.17) is 28.9 Å². The molecule has 2 rings (SSSR count). The Bertz CT molecular complexity index is 684. The van der Waals surface area contributed by atoms with Gasteiger partial charge in [0, 0.05) is 0 Å². The Morgan fingerprint density at radius 2 is 1.95 bits per heavy atom. The van der Waals surface area contributed by atoms with Crippen LogP contribution in [0.15, 0.2) is 23.0 Å². The highest BCUT2D eigenvalue weighted by Crippen LogP contribution is 2.30. The third kappa shape index (κ3) is 2.75. The molecule has 0 fully saturated rings. The predicted molar refractivity (Wildman–Crippen MR) is 80.6 cm³/mol. The zero-order valence-electron chi connectivity index (χ0n) is 11.4. The lowest BCUT2D eigenvalue weighted by Gasteiger charge is -2.26. The summed E-state index contributed by atoms with van der Waals surface area (Å²) in [6.07, 6.45) is 0. The van der Waals surface area contributed by atoms with Crippen LogP contribution in [0, 0.1) is 5.41 Å². The predicted octanol–water partition coefficient (Wildman–Crippen LogP) is 2.91. The number of H-pyrrole nitrogens is 1. The molecule has 108 valence electrons. The SMILES string of the molecule is CC(C)(C)[C@H](N)c1n[nH]c(=O)n1-c1ccc(Cl)c(Cl)c1. The summed E-state index contributed by atoms with van der Waals surface area (Å²) < 4.78 is 1.41. The zero-order chi connectivity index (χ0) is 15.1. The molecule has 0 aliphatic heterocycles. The van der Waals surface area contributed by atoms with Crippen molar-refractivity contribution in [1.29, 1.82) is 0 Å². The quantitative estimate of drug-likeness (QED) is 0.894. The molecule has 20 heavy (non-hydrogen) atoms. The van der Waals surface area contributed by atoms with E-state index in [-0.39, 0.29) is 11.1 Å². The minimum Gasteiger partial charge on any atom is -0.321 e. The van der Waals surface area contributed by atoms with E-state index in [2.05, 4.69) is 10.2 Å². The average molecular weight is 315 g/mol. The van der Waals surface area contributed by atoms with Crippen LogP contribution in [0.3, 0.4) is 0 Å². The van der Waals surface area contributed by atoms with Crippen molar-refractivity contribution in [2.45, 2.75) is 26.8 Å². The highest BCUT2D eigenvalue weighted by atomic mass is 35.5. The lowest BCUT2D eigenvalue weighted by molar-refractivity contribution is 0.312. The van der Waals surface area contributed by atoms with Gasteiger partial charge in [0.25, 0.3) is 0 Å². The van der Waals surface area contributed by atoms with Gasteiger partial charge in [-0.3, -0.25) is 0 Å². The normalized spacial score (nSPS) is 13.5. The van der Waals surface area contributed by atoms with Gasteiger partial charge in [-0.05, 0) is 23.6 Å². The van der Waals surface area contributed by atoms with E-state index in [9.17, 15) is 4.79 Å². The number of aromatic nitrogens is 3. The van der Waals surface area contributed by atoms with Gasteiger partial charge in [0.05, 0.1) is 21.8 Å². The van der Waals surface area contributed by atoms with Crippen LogP contribution in [0.5, 0.6) is 0 Å². The first-order valence-electron chi connectivity index (χ1n) is 6.10. The summed E-state index contributed by atoms with van der Waals surface area (Å²) >= 11 is 11.9. The van der Waals surface area contributed by atoms with E-state index in [1.54, 1.807) is 18.2 Å². The number of rotatable bonds is 2. The second kappa shape index (κ2) is 5.24. The number of aromatic amines is 1. The van der Waals surface area contributed by atoms with Crippen LogP contribution < -0.4 is 11.4 Å².